The van der Waals surface area contributed by atoms with Gasteiger partial charge in [0.05, 0.1) is 22.9 Å². The molecule has 2 unspecified atom stereocenters. The van der Waals surface area contributed by atoms with Crippen molar-refractivity contribution >= 4 is 28.8 Å². The number of aliphatic hydroxyl groups is 1. The Morgan fingerprint density at radius 3 is 2.79 bits per heavy atom. The van der Waals surface area contributed by atoms with Crippen LogP contribution >= 0.6 is 11.3 Å². The zero-order chi connectivity index (χ0) is 17.1. The molecular formula is C18H20N2O3S. The minimum Gasteiger partial charge on any atom is -0.393 e. The number of rotatable bonds is 4. The first kappa shape index (κ1) is 16.7. The van der Waals surface area contributed by atoms with Crippen molar-refractivity contribution in [1.29, 1.82) is 0 Å². The van der Waals surface area contributed by atoms with Crippen LogP contribution in [0, 0.1) is 5.92 Å². The number of hydrogen-bond donors (Lipinski definition) is 2. The molecule has 1 saturated heterocycles. The predicted octanol–water partition coefficient (Wildman–Crippen LogP) is 2.84. The van der Waals surface area contributed by atoms with E-state index < -0.39 is 6.10 Å². The minimum atomic E-state index is -0.420. The van der Waals surface area contributed by atoms with Gasteiger partial charge in [-0.05, 0) is 36.9 Å². The highest BCUT2D eigenvalue weighted by Crippen LogP contribution is 2.25. The summed E-state index contributed by atoms with van der Waals surface area (Å²) < 4.78 is 0. The smallest absolute Gasteiger partial charge is 0.256 e. The summed E-state index contributed by atoms with van der Waals surface area (Å²) in [5.41, 5.74) is 1.57. The highest BCUT2D eigenvalue weighted by atomic mass is 32.1. The van der Waals surface area contributed by atoms with Crippen LogP contribution in [0.15, 0.2) is 41.1 Å². The van der Waals surface area contributed by atoms with Crippen molar-refractivity contribution in [3.05, 3.63) is 52.2 Å². The normalized spacial score (nSPS) is 18.4. The zero-order valence-corrected chi connectivity index (χ0v) is 14.3. The molecule has 0 aliphatic carbocycles. The summed E-state index contributed by atoms with van der Waals surface area (Å²) in [5.74, 6) is -0.222. The lowest BCUT2D eigenvalue weighted by atomic mass is 10.0. The molecule has 6 heteroatoms. The number of thiophene rings is 1. The van der Waals surface area contributed by atoms with E-state index in [0.717, 1.165) is 6.42 Å². The fourth-order valence-corrected chi connectivity index (χ4v) is 3.54. The van der Waals surface area contributed by atoms with Crippen molar-refractivity contribution in [1.82, 2.24) is 4.90 Å². The molecule has 2 atom stereocenters. The van der Waals surface area contributed by atoms with E-state index in [0.29, 0.717) is 29.9 Å². The largest absolute Gasteiger partial charge is 0.393 e. The van der Waals surface area contributed by atoms with Gasteiger partial charge in [0, 0.05) is 24.4 Å². The molecule has 2 aromatic rings. The Morgan fingerprint density at radius 1 is 1.33 bits per heavy atom. The van der Waals surface area contributed by atoms with Crippen molar-refractivity contribution in [2.24, 2.45) is 5.92 Å². The molecule has 1 aliphatic rings. The van der Waals surface area contributed by atoms with Crippen LogP contribution in [0.3, 0.4) is 0 Å². The topological polar surface area (TPSA) is 69.6 Å². The number of hydrogen-bond acceptors (Lipinski definition) is 4. The summed E-state index contributed by atoms with van der Waals surface area (Å²) in [6.07, 6.45) is 0.378. The molecule has 0 bridgehead atoms. The number of para-hydroxylation sites is 1. The molecule has 0 radical (unpaired) electrons. The molecule has 1 aliphatic heterocycles. The second kappa shape index (κ2) is 7.15. The van der Waals surface area contributed by atoms with Gasteiger partial charge in [-0.1, -0.05) is 12.1 Å². The number of anilines is 1. The SMILES string of the molecule is CC(O)C1CCN(C(=O)c2ccccc2NC(=O)c2ccsc2)C1. The number of likely N-dealkylation sites (tertiary alicyclic amines) is 1. The van der Waals surface area contributed by atoms with Crippen LogP contribution in [0.2, 0.25) is 0 Å². The zero-order valence-electron chi connectivity index (χ0n) is 13.4. The number of carbonyl (C=O) groups excluding carboxylic acids is 2. The first-order valence-electron chi connectivity index (χ1n) is 7.96. The van der Waals surface area contributed by atoms with E-state index in [2.05, 4.69) is 5.32 Å². The molecule has 3 rings (SSSR count). The van der Waals surface area contributed by atoms with Crippen LogP contribution in [-0.2, 0) is 0 Å². The average molecular weight is 344 g/mol. The number of benzene rings is 1. The Kier molecular flexibility index (Phi) is 4.97. The van der Waals surface area contributed by atoms with Gasteiger partial charge in [-0.3, -0.25) is 9.59 Å². The summed E-state index contributed by atoms with van der Waals surface area (Å²) in [6.45, 7) is 2.93. The van der Waals surface area contributed by atoms with E-state index in [1.165, 1.54) is 11.3 Å². The number of aliphatic hydroxyl groups excluding tert-OH is 1. The quantitative estimate of drug-likeness (QED) is 0.896. The van der Waals surface area contributed by atoms with Crippen LogP contribution in [0.4, 0.5) is 5.69 Å². The summed E-state index contributed by atoms with van der Waals surface area (Å²) in [5, 5.41) is 16.1. The van der Waals surface area contributed by atoms with Gasteiger partial charge in [0.2, 0.25) is 0 Å². The summed E-state index contributed by atoms with van der Waals surface area (Å²) in [6, 6.07) is 8.79. The van der Waals surface area contributed by atoms with Crippen molar-refractivity contribution < 1.29 is 14.7 Å². The maximum Gasteiger partial charge on any atom is 0.256 e. The van der Waals surface area contributed by atoms with E-state index in [4.69, 9.17) is 0 Å². The molecule has 2 heterocycles. The Morgan fingerprint density at radius 2 is 2.12 bits per heavy atom. The molecule has 1 aromatic carbocycles. The van der Waals surface area contributed by atoms with Gasteiger partial charge in [-0.2, -0.15) is 11.3 Å². The molecule has 2 N–H and O–H groups in total. The van der Waals surface area contributed by atoms with Crippen molar-refractivity contribution in [2.45, 2.75) is 19.4 Å². The second-order valence-corrected chi connectivity index (χ2v) is 6.83. The average Bonchev–Trinajstić information content (AvgIpc) is 3.26. The van der Waals surface area contributed by atoms with Gasteiger partial charge in [0.25, 0.3) is 11.8 Å². The Bertz CT molecular complexity index is 728. The van der Waals surface area contributed by atoms with E-state index in [1.54, 1.807) is 47.5 Å². The fourth-order valence-electron chi connectivity index (χ4n) is 2.90. The van der Waals surface area contributed by atoms with Crippen LogP contribution in [-0.4, -0.2) is 41.0 Å². The van der Waals surface area contributed by atoms with Gasteiger partial charge in [-0.15, -0.1) is 0 Å². The van der Waals surface area contributed by atoms with Crippen LogP contribution in [0.1, 0.15) is 34.1 Å². The Hall–Kier alpha value is -2.18. The minimum absolute atomic E-state index is 0.112. The van der Waals surface area contributed by atoms with Gasteiger partial charge >= 0.3 is 0 Å². The number of amides is 2. The van der Waals surface area contributed by atoms with Gasteiger partial charge < -0.3 is 15.3 Å². The Balaban J connectivity index is 1.77. The van der Waals surface area contributed by atoms with Crippen molar-refractivity contribution in [3.63, 3.8) is 0 Å². The lowest BCUT2D eigenvalue weighted by Gasteiger charge is -2.19. The molecule has 2 amide bonds. The summed E-state index contributed by atoms with van der Waals surface area (Å²) in [4.78, 5) is 26.8. The highest BCUT2D eigenvalue weighted by Gasteiger charge is 2.30. The van der Waals surface area contributed by atoms with Gasteiger partial charge in [-0.25, -0.2) is 0 Å². The lowest BCUT2D eigenvalue weighted by Crippen LogP contribution is -2.31. The highest BCUT2D eigenvalue weighted by molar-refractivity contribution is 7.08. The number of carbonyl (C=O) groups is 2. The molecule has 1 aromatic heterocycles. The van der Waals surface area contributed by atoms with Crippen LogP contribution in [0.25, 0.3) is 0 Å². The molecule has 5 nitrogen and oxygen atoms in total. The fraction of sp³-hybridized carbons (Fsp3) is 0.333. The third kappa shape index (κ3) is 3.49. The third-order valence-electron chi connectivity index (χ3n) is 4.38. The lowest BCUT2D eigenvalue weighted by molar-refractivity contribution is 0.0763. The molecule has 126 valence electrons. The van der Waals surface area contributed by atoms with Crippen molar-refractivity contribution in [2.75, 3.05) is 18.4 Å². The summed E-state index contributed by atoms with van der Waals surface area (Å²) in [7, 11) is 0. The van der Waals surface area contributed by atoms with E-state index in [1.807, 2.05) is 5.38 Å². The maximum absolute atomic E-state index is 12.8. The standard InChI is InChI=1S/C18H20N2O3S/c1-12(21)13-6-8-20(10-13)18(23)15-4-2-3-5-16(15)19-17(22)14-7-9-24-11-14/h2-5,7,9,11-13,21H,6,8,10H2,1H3,(H,19,22). The molecule has 1 fully saturated rings. The first-order valence-corrected chi connectivity index (χ1v) is 8.90. The van der Waals surface area contributed by atoms with E-state index in [9.17, 15) is 14.7 Å². The van der Waals surface area contributed by atoms with Gasteiger partial charge in [0.1, 0.15) is 0 Å². The van der Waals surface area contributed by atoms with E-state index >= 15 is 0 Å². The van der Waals surface area contributed by atoms with E-state index in [-0.39, 0.29) is 17.7 Å². The number of nitrogens with zero attached hydrogens (tertiary/aromatic N) is 1. The third-order valence-corrected chi connectivity index (χ3v) is 5.07. The molecular weight excluding hydrogens is 324 g/mol. The van der Waals surface area contributed by atoms with Gasteiger partial charge in [0.15, 0.2) is 0 Å². The molecule has 24 heavy (non-hydrogen) atoms. The number of nitrogens with one attached hydrogen (secondary N) is 1. The first-order chi connectivity index (χ1) is 11.6. The predicted molar refractivity (Wildman–Crippen MR) is 94.4 cm³/mol. The second-order valence-electron chi connectivity index (χ2n) is 6.05. The van der Waals surface area contributed by atoms with Crippen LogP contribution in [0.5, 0.6) is 0 Å². The van der Waals surface area contributed by atoms with Crippen LogP contribution < -0.4 is 5.32 Å². The summed E-state index contributed by atoms with van der Waals surface area (Å²) >= 11 is 1.45. The molecule has 0 spiro atoms. The Labute approximate surface area is 144 Å². The molecule has 0 saturated carbocycles. The van der Waals surface area contributed by atoms with Crippen molar-refractivity contribution in [3.8, 4) is 0 Å². The monoisotopic (exact) mass is 344 g/mol. The maximum atomic E-state index is 12.8.